The highest BCUT2D eigenvalue weighted by Crippen LogP contribution is 2.31. The number of rotatable bonds is 3. The summed E-state index contributed by atoms with van der Waals surface area (Å²) < 4.78 is 7.19. The summed E-state index contributed by atoms with van der Waals surface area (Å²) in [4.78, 5) is 8.78. The summed E-state index contributed by atoms with van der Waals surface area (Å²) in [6.07, 6.45) is 1.74. The van der Waals surface area contributed by atoms with Crippen LogP contribution >= 0.6 is 27.3 Å². The fraction of sp³-hybridized carbons (Fsp3) is 0.0769. The highest BCUT2D eigenvalue weighted by molar-refractivity contribution is 9.10. The van der Waals surface area contributed by atoms with Gasteiger partial charge in [-0.05, 0) is 46.3 Å². The van der Waals surface area contributed by atoms with Crippen molar-refractivity contribution < 1.29 is 4.74 Å². The number of pyridine rings is 1. The van der Waals surface area contributed by atoms with Crippen LogP contribution in [0.15, 0.2) is 41.0 Å². The molecule has 0 atom stereocenters. The maximum atomic E-state index is 5.21. The molecule has 1 aromatic carbocycles. The van der Waals surface area contributed by atoms with Crippen molar-refractivity contribution in [2.75, 3.05) is 12.4 Å². The lowest BCUT2D eigenvalue weighted by atomic mass is 10.3. The molecule has 0 radical (unpaired) electrons. The molecule has 0 fully saturated rings. The van der Waals surface area contributed by atoms with Gasteiger partial charge in [-0.3, -0.25) is 0 Å². The first-order chi connectivity index (χ1) is 9.26. The zero-order valence-corrected chi connectivity index (χ0v) is 12.5. The molecule has 0 saturated carbocycles. The van der Waals surface area contributed by atoms with Crippen LogP contribution in [0.25, 0.3) is 10.2 Å². The summed E-state index contributed by atoms with van der Waals surface area (Å²) in [6.45, 7) is 0. The standard InChI is InChI=1S/C13H10BrN3OS/c1-18-8-4-5-10-11(7-8)19-13(16-10)17-12-9(14)3-2-6-15-12/h2-7H,1H3,(H,15,16,17). The van der Waals surface area contributed by atoms with Crippen molar-refractivity contribution in [2.24, 2.45) is 0 Å². The Morgan fingerprint density at radius 1 is 1.32 bits per heavy atom. The lowest BCUT2D eigenvalue weighted by Gasteiger charge is -2.02. The van der Waals surface area contributed by atoms with Gasteiger partial charge in [-0.1, -0.05) is 11.3 Å². The Labute approximate surface area is 122 Å². The molecule has 1 N–H and O–H groups in total. The summed E-state index contributed by atoms with van der Waals surface area (Å²) >= 11 is 5.02. The summed E-state index contributed by atoms with van der Waals surface area (Å²) in [6, 6.07) is 9.64. The van der Waals surface area contributed by atoms with Gasteiger partial charge in [-0.2, -0.15) is 0 Å². The molecule has 2 aromatic heterocycles. The molecular weight excluding hydrogens is 326 g/mol. The lowest BCUT2D eigenvalue weighted by molar-refractivity contribution is 0.415. The molecule has 2 heterocycles. The van der Waals surface area contributed by atoms with Crippen LogP contribution in [0.5, 0.6) is 5.75 Å². The van der Waals surface area contributed by atoms with E-state index in [9.17, 15) is 0 Å². The average Bonchev–Trinajstić information content (AvgIpc) is 2.82. The molecule has 3 rings (SSSR count). The third-order valence-corrected chi connectivity index (χ3v) is 4.15. The third kappa shape index (κ3) is 2.54. The lowest BCUT2D eigenvalue weighted by Crippen LogP contribution is -1.92. The van der Waals surface area contributed by atoms with Crippen molar-refractivity contribution in [3.8, 4) is 5.75 Å². The second kappa shape index (κ2) is 5.14. The summed E-state index contributed by atoms with van der Waals surface area (Å²) in [5.74, 6) is 1.59. The van der Waals surface area contributed by atoms with E-state index >= 15 is 0 Å². The first-order valence-electron chi connectivity index (χ1n) is 5.58. The van der Waals surface area contributed by atoms with E-state index in [2.05, 4.69) is 31.2 Å². The fourth-order valence-corrected chi connectivity index (χ4v) is 2.91. The number of nitrogens with zero attached hydrogens (tertiary/aromatic N) is 2. The van der Waals surface area contributed by atoms with Crippen LogP contribution in [-0.4, -0.2) is 17.1 Å². The Hall–Kier alpha value is -1.66. The van der Waals surface area contributed by atoms with Crippen LogP contribution < -0.4 is 10.1 Å². The van der Waals surface area contributed by atoms with Crippen LogP contribution in [0.4, 0.5) is 10.9 Å². The molecule has 0 spiro atoms. The van der Waals surface area contributed by atoms with E-state index < -0.39 is 0 Å². The third-order valence-electron chi connectivity index (χ3n) is 2.58. The zero-order valence-electron chi connectivity index (χ0n) is 10.1. The second-order valence-electron chi connectivity index (χ2n) is 3.81. The van der Waals surface area contributed by atoms with Crippen LogP contribution in [0.3, 0.4) is 0 Å². The maximum Gasteiger partial charge on any atom is 0.189 e. The Morgan fingerprint density at radius 3 is 3.00 bits per heavy atom. The van der Waals surface area contributed by atoms with Gasteiger partial charge in [-0.15, -0.1) is 0 Å². The normalized spacial score (nSPS) is 10.6. The van der Waals surface area contributed by atoms with E-state index in [4.69, 9.17) is 4.74 Å². The molecule has 0 bridgehead atoms. The number of aromatic nitrogens is 2. The molecular formula is C13H10BrN3OS. The number of halogens is 1. The van der Waals surface area contributed by atoms with Crippen LogP contribution in [0, 0.1) is 0 Å². The topological polar surface area (TPSA) is 47.0 Å². The minimum Gasteiger partial charge on any atom is -0.497 e. The highest BCUT2D eigenvalue weighted by atomic mass is 79.9. The van der Waals surface area contributed by atoms with Crippen molar-refractivity contribution >= 4 is 48.4 Å². The van der Waals surface area contributed by atoms with Crippen molar-refractivity contribution in [3.63, 3.8) is 0 Å². The number of hydrogen-bond acceptors (Lipinski definition) is 5. The van der Waals surface area contributed by atoms with Crippen molar-refractivity contribution in [1.29, 1.82) is 0 Å². The minimum atomic E-state index is 0.758. The summed E-state index contributed by atoms with van der Waals surface area (Å²) in [7, 11) is 1.66. The van der Waals surface area contributed by atoms with Crippen LogP contribution in [0.1, 0.15) is 0 Å². The van der Waals surface area contributed by atoms with Gasteiger partial charge in [0.1, 0.15) is 11.6 Å². The summed E-state index contributed by atoms with van der Waals surface area (Å²) in [5, 5.41) is 4.02. The molecule has 6 heteroatoms. The molecule has 0 unspecified atom stereocenters. The Balaban J connectivity index is 1.95. The van der Waals surface area contributed by atoms with Crippen LogP contribution in [-0.2, 0) is 0 Å². The van der Waals surface area contributed by atoms with Crippen molar-refractivity contribution in [1.82, 2.24) is 9.97 Å². The van der Waals surface area contributed by atoms with Gasteiger partial charge in [0, 0.05) is 6.20 Å². The molecule has 0 amide bonds. The number of methoxy groups -OCH3 is 1. The van der Waals surface area contributed by atoms with Crippen LogP contribution in [0.2, 0.25) is 0 Å². The molecule has 0 aliphatic rings. The number of thiazole rings is 1. The minimum absolute atomic E-state index is 0.758. The highest BCUT2D eigenvalue weighted by Gasteiger charge is 2.07. The van der Waals surface area contributed by atoms with Gasteiger partial charge in [0.15, 0.2) is 5.13 Å². The number of nitrogens with one attached hydrogen (secondary N) is 1. The van der Waals surface area contributed by atoms with E-state index in [1.54, 1.807) is 24.6 Å². The van der Waals surface area contributed by atoms with Gasteiger partial charge >= 0.3 is 0 Å². The number of ether oxygens (including phenoxy) is 1. The monoisotopic (exact) mass is 335 g/mol. The Kier molecular flexibility index (Phi) is 3.35. The SMILES string of the molecule is COc1ccc2nc(Nc3ncccc3Br)sc2c1. The number of hydrogen-bond donors (Lipinski definition) is 1. The second-order valence-corrected chi connectivity index (χ2v) is 5.70. The fourth-order valence-electron chi connectivity index (χ4n) is 1.66. The van der Waals surface area contributed by atoms with E-state index in [1.165, 1.54) is 0 Å². The average molecular weight is 336 g/mol. The number of benzene rings is 1. The number of anilines is 2. The molecule has 0 aliphatic carbocycles. The smallest absolute Gasteiger partial charge is 0.189 e. The van der Waals surface area contributed by atoms with Gasteiger partial charge in [0.05, 0.1) is 21.8 Å². The van der Waals surface area contributed by atoms with Gasteiger partial charge in [0.25, 0.3) is 0 Å². The van der Waals surface area contributed by atoms with Crippen molar-refractivity contribution in [3.05, 3.63) is 41.0 Å². The molecule has 19 heavy (non-hydrogen) atoms. The van der Waals surface area contributed by atoms with Gasteiger partial charge in [0.2, 0.25) is 0 Å². The maximum absolute atomic E-state index is 5.21. The molecule has 96 valence electrons. The van der Waals surface area contributed by atoms with E-state index in [0.29, 0.717) is 0 Å². The Bertz CT molecular complexity index is 729. The predicted molar refractivity (Wildman–Crippen MR) is 81.4 cm³/mol. The van der Waals surface area contributed by atoms with E-state index in [0.717, 1.165) is 31.4 Å². The summed E-state index contributed by atoms with van der Waals surface area (Å²) in [5.41, 5.74) is 0.945. The molecule has 0 aliphatic heterocycles. The molecule has 4 nitrogen and oxygen atoms in total. The number of fused-ring (bicyclic) bond motifs is 1. The van der Waals surface area contributed by atoms with E-state index in [1.807, 2.05) is 30.3 Å². The first kappa shape index (κ1) is 12.4. The first-order valence-corrected chi connectivity index (χ1v) is 7.19. The Morgan fingerprint density at radius 2 is 2.21 bits per heavy atom. The quantitative estimate of drug-likeness (QED) is 0.778. The largest absolute Gasteiger partial charge is 0.497 e. The molecule has 0 saturated heterocycles. The van der Waals surface area contributed by atoms with E-state index in [-0.39, 0.29) is 0 Å². The van der Waals surface area contributed by atoms with Gasteiger partial charge < -0.3 is 10.1 Å². The molecule has 3 aromatic rings. The van der Waals surface area contributed by atoms with Crippen molar-refractivity contribution in [2.45, 2.75) is 0 Å². The predicted octanol–water partition coefficient (Wildman–Crippen LogP) is 4.21. The van der Waals surface area contributed by atoms with Gasteiger partial charge in [-0.25, -0.2) is 9.97 Å². The zero-order chi connectivity index (χ0) is 13.2.